The number of aliphatic imine (C=N–C) groups is 3. The van der Waals surface area contributed by atoms with E-state index in [9.17, 15) is 19.5 Å². The second-order valence-electron chi connectivity index (χ2n) is 12.2. The number of carbonyl (C=O) groups excluding carboxylic acids is 3. The van der Waals surface area contributed by atoms with Crippen LogP contribution in [0.25, 0.3) is 18.2 Å². The first-order chi connectivity index (χ1) is 23.4. The number of esters is 3. The van der Waals surface area contributed by atoms with E-state index < -0.39 is 23.6 Å². The van der Waals surface area contributed by atoms with Crippen molar-refractivity contribution in [2.75, 3.05) is 20.8 Å². The molecule has 1 aromatic rings. The van der Waals surface area contributed by atoms with Gasteiger partial charge in [0, 0.05) is 40.9 Å². The zero-order chi connectivity index (χ0) is 35.7. The Balaban J connectivity index is 1.89. The number of methoxy groups -OCH3 is 2. The Hall–Kier alpha value is -5.32. The predicted molar refractivity (Wildman–Crippen MR) is 190 cm³/mol. The summed E-state index contributed by atoms with van der Waals surface area (Å²) in [6, 6.07) is 0. The summed E-state index contributed by atoms with van der Waals surface area (Å²) in [7, 11) is 2.40. The minimum absolute atomic E-state index is 0.0133. The number of rotatable bonds is 8. The van der Waals surface area contributed by atoms with Crippen LogP contribution in [-0.4, -0.2) is 66.0 Å². The number of nitrogens with one attached hydrogen (secondary N) is 1. The summed E-state index contributed by atoms with van der Waals surface area (Å²) in [5, 5.41) is 11.6. The zero-order valence-electron chi connectivity index (χ0n) is 29.2. The maximum absolute atomic E-state index is 13.5. The van der Waals surface area contributed by atoms with Crippen LogP contribution in [-0.2, 0) is 28.6 Å². The molecule has 11 nitrogen and oxygen atoms in total. The number of aromatic amines is 1. The molecule has 0 saturated heterocycles. The monoisotopic (exact) mass is 666 g/mol. The highest BCUT2D eigenvalue weighted by molar-refractivity contribution is 6.41. The van der Waals surface area contributed by atoms with Gasteiger partial charge in [0.05, 0.1) is 60.5 Å². The number of nitrogens with zero attached hydrogens (tertiary/aromatic N) is 3. The molecule has 2 atom stereocenters. The van der Waals surface area contributed by atoms with E-state index in [1.165, 1.54) is 7.11 Å². The molecule has 1 unspecified atom stereocenters. The van der Waals surface area contributed by atoms with Gasteiger partial charge in [-0.05, 0) is 81.0 Å². The molecule has 0 saturated carbocycles. The first kappa shape index (κ1) is 35.0. The summed E-state index contributed by atoms with van der Waals surface area (Å²) >= 11 is 0. The molecular formula is C38H42N4O7. The van der Waals surface area contributed by atoms with Crippen LogP contribution in [0.2, 0.25) is 0 Å². The quantitative estimate of drug-likeness (QED) is 0.135. The Morgan fingerprint density at radius 3 is 2.33 bits per heavy atom. The van der Waals surface area contributed by atoms with Crippen LogP contribution in [0.5, 0.6) is 0 Å². The normalized spacial score (nSPS) is 21.0. The molecule has 0 aromatic carbocycles. The molecule has 11 heteroatoms. The SMILES string of the molecule is C=Cc1c2[nH]c(c1C)C=C1N=C(C(=C(O)C(=O)OC)C3=NC(=CC4=NC(=C2)C(C)=C4CC)C(C)=C3C(=O)OC)C(CCC(=O)OCC)[C@@H]1C. The van der Waals surface area contributed by atoms with E-state index in [4.69, 9.17) is 29.2 Å². The molecule has 1 aromatic heterocycles. The van der Waals surface area contributed by atoms with Gasteiger partial charge < -0.3 is 24.3 Å². The van der Waals surface area contributed by atoms with Gasteiger partial charge in [-0.2, -0.15) is 0 Å². The fourth-order valence-corrected chi connectivity index (χ4v) is 6.78. The van der Waals surface area contributed by atoms with Gasteiger partial charge in [0.25, 0.3) is 0 Å². The van der Waals surface area contributed by atoms with E-state index in [-0.39, 0.29) is 53.9 Å². The van der Waals surface area contributed by atoms with E-state index in [1.54, 1.807) is 26.0 Å². The number of hydrogen-bond acceptors (Lipinski definition) is 10. The Bertz CT molecular complexity index is 1950. The van der Waals surface area contributed by atoms with Crippen molar-refractivity contribution in [3.63, 3.8) is 0 Å². The number of allylic oxidation sites excluding steroid dienone is 6. The van der Waals surface area contributed by atoms with E-state index in [0.29, 0.717) is 29.1 Å². The fraction of sp³-hybridized carbons (Fsp3) is 0.368. The summed E-state index contributed by atoms with van der Waals surface area (Å²) in [5.74, 6) is -3.68. The molecular weight excluding hydrogens is 624 g/mol. The van der Waals surface area contributed by atoms with E-state index in [2.05, 4.69) is 11.6 Å². The third kappa shape index (κ3) is 6.21. The topological polar surface area (TPSA) is 152 Å². The minimum Gasteiger partial charge on any atom is -0.501 e. The van der Waals surface area contributed by atoms with Gasteiger partial charge in [0.1, 0.15) is 0 Å². The van der Waals surface area contributed by atoms with Crippen molar-refractivity contribution in [3.8, 4) is 0 Å². The van der Waals surface area contributed by atoms with Gasteiger partial charge in [-0.1, -0.05) is 26.5 Å². The third-order valence-electron chi connectivity index (χ3n) is 9.52. The van der Waals surface area contributed by atoms with Crippen LogP contribution in [0, 0.1) is 18.8 Å². The second-order valence-corrected chi connectivity index (χ2v) is 12.2. The van der Waals surface area contributed by atoms with E-state index in [0.717, 1.165) is 46.5 Å². The average molecular weight is 667 g/mol. The largest absolute Gasteiger partial charge is 0.501 e. The van der Waals surface area contributed by atoms with E-state index >= 15 is 0 Å². The summed E-state index contributed by atoms with van der Waals surface area (Å²) in [6.45, 7) is 15.8. The lowest BCUT2D eigenvalue weighted by molar-refractivity contribution is -0.143. The summed E-state index contributed by atoms with van der Waals surface area (Å²) in [5.41, 5.74) is 8.74. The van der Waals surface area contributed by atoms with Gasteiger partial charge in [-0.15, -0.1) is 0 Å². The van der Waals surface area contributed by atoms with Crippen molar-refractivity contribution in [1.29, 1.82) is 0 Å². The molecule has 5 heterocycles. The number of aliphatic hydroxyl groups excluding tert-OH is 1. The number of fused-ring (bicyclic) bond motifs is 5. The Morgan fingerprint density at radius 1 is 0.980 bits per heavy atom. The number of ether oxygens (including phenoxy) is 3. The number of aromatic nitrogens is 1. The molecule has 0 radical (unpaired) electrons. The molecule has 2 N–H and O–H groups in total. The van der Waals surface area contributed by atoms with Crippen LogP contribution in [0.4, 0.5) is 0 Å². The van der Waals surface area contributed by atoms with Gasteiger partial charge in [-0.3, -0.25) is 9.79 Å². The fourth-order valence-electron chi connectivity index (χ4n) is 6.78. The molecule has 49 heavy (non-hydrogen) atoms. The lowest BCUT2D eigenvalue weighted by Crippen LogP contribution is -2.29. The van der Waals surface area contributed by atoms with Crippen LogP contribution in [0.3, 0.4) is 0 Å². The molecule has 0 spiro atoms. The molecule has 256 valence electrons. The van der Waals surface area contributed by atoms with Crippen LogP contribution < -0.4 is 0 Å². The van der Waals surface area contributed by atoms with Crippen molar-refractivity contribution in [3.05, 3.63) is 85.9 Å². The highest BCUT2D eigenvalue weighted by atomic mass is 16.5. The number of H-pyrrole nitrogens is 1. The zero-order valence-corrected chi connectivity index (χ0v) is 29.2. The van der Waals surface area contributed by atoms with Crippen molar-refractivity contribution < 1.29 is 33.7 Å². The van der Waals surface area contributed by atoms with Crippen LogP contribution in [0.1, 0.15) is 76.4 Å². The van der Waals surface area contributed by atoms with Crippen molar-refractivity contribution >= 4 is 53.3 Å². The Morgan fingerprint density at radius 2 is 1.69 bits per heavy atom. The van der Waals surface area contributed by atoms with Gasteiger partial charge >= 0.3 is 17.9 Å². The molecule has 5 rings (SSSR count). The summed E-state index contributed by atoms with van der Waals surface area (Å²) in [4.78, 5) is 57.6. The standard InChI is InChI=1S/C38H42N4O7/c1-10-22-18(4)25-15-27-20(6)24(13-14-31(43)49-12-3)34(41-27)33(36(44)38(46)48-9)35-32(37(45)47-8)21(7)28(42-35)17-30-23(11-2)19(5)26(40-30)16-29(22)39-25/h10,15-17,20,24,39,44H,1,11-14H2,2-9H3/t20-,24?/m0/s1. The van der Waals surface area contributed by atoms with Crippen molar-refractivity contribution in [2.24, 2.45) is 26.8 Å². The molecule has 4 aliphatic rings. The minimum atomic E-state index is -1.04. The van der Waals surface area contributed by atoms with Crippen LogP contribution >= 0.6 is 0 Å². The van der Waals surface area contributed by atoms with Gasteiger partial charge in [-0.25, -0.2) is 19.6 Å². The lowest BCUT2D eigenvalue weighted by atomic mass is 9.81. The average Bonchev–Trinajstić information content (AvgIpc) is 3.76. The maximum atomic E-state index is 13.5. The van der Waals surface area contributed by atoms with Crippen LogP contribution in [0.15, 0.2) is 78.3 Å². The van der Waals surface area contributed by atoms with E-state index in [1.807, 2.05) is 39.8 Å². The number of aliphatic hydroxyl groups is 1. The molecule has 0 amide bonds. The lowest BCUT2D eigenvalue weighted by Gasteiger charge is -2.21. The number of carbonyl (C=O) groups is 3. The van der Waals surface area contributed by atoms with Crippen molar-refractivity contribution in [1.82, 2.24) is 4.98 Å². The second kappa shape index (κ2) is 14.0. The van der Waals surface area contributed by atoms with Gasteiger partial charge in [0.15, 0.2) is 0 Å². The predicted octanol–water partition coefficient (Wildman–Crippen LogP) is 6.71. The first-order valence-corrected chi connectivity index (χ1v) is 16.3. The molecule has 8 bridgehead atoms. The highest BCUT2D eigenvalue weighted by Crippen LogP contribution is 2.42. The first-order valence-electron chi connectivity index (χ1n) is 16.3. The molecule has 4 aliphatic heterocycles. The molecule has 0 aliphatic carbocycles. The third-order valence-corrected chi connectivity index (χ3v) is 9.52. The summed E-state index contributed by atoms with van der Waals surface area (Å²) in [6.07, 6.45) is 8.56. The van der Waals surface area contributed by atoms with Gasteiger partial charge in [0.2, 0.25) is 5.76 Å². The number of hydrogen-bond donors (Lipinski definition) is 2. The van der Waals surface area contributed by atoms with Crippen molar-refractivity contribution in [2.45, 2.75) is 60.8 Å². The maximum Gasteiger partial charge on any atom is 0.373 e. The molecule has 0 fully saturated rings. The highest BCUT2D eigenvalue weighted by Gasteiger charge is 2.42. The Labute approximate surface area is 286 Å². The summed E-state index contributed by atoms with van der Waals surface area (Å²) < 4.78 is 15.4. The smallest absolute Gasteiger partial charge is 0.373 e. The Kier molecular flexibility index (Phi) is 10.0.